The highest BCUT2D eigenvalue weighted by Crippen LogP contribution is 2.09. The Labute approximate surface area is 172 Å². The molecular formula is C21H43N7. The predicted molar refractivity (Wildman–Crippen MR) is 119 cm³/mol. The fourth-order valence-corrected chi connectivity index (χ4v) is 2.21. The lowest BCUT2D eigenvalue weighted by atomic mass is 10.2. The second-order valence-corrected chi connectivity index (χ2v) is 6.53. The third kappa shape index (κ3) is 9.78. The third-order valence-electron chi connectivity index (χ3n) is 4.36. The van der Waals surface area contributed by atoms with Crippen molar-refractivity contribution in [3.8, 4) is 0 Å². The first-order valence-corrected chi connectivity index (χ1v) is 9.62. The van der Waals surface area contributed by atoms with E-state index in [1.807, 2.05) is 29.5 Å². The monoisotopic (exact) mass is 393 g/mol. The van der Waals surface area contributed by atoms with Gasteiger partial charge in [0.25, 0.3) is 0 Å². The van der Waals surface area contributed by atoms with Gasteiger partial charge in [0.05, 0.1) is 29.7 Å². The lowest BCUT2D eigenvalue weighted by molar-refractivity contribution is 0.464. The highest BCUT2D eigenvalue weighted by Gasteiger charge is 2.05. The number of aromatic nitrogens is 6. The zero-order valence-electron chi connectivity index (χ0n) is 17.2. The van der Waals surface area contributed by atoms with Crippen LogP contribution < -0.4 is 5.32 Å². The molecule has 2 unspecified atom stereocenters. The predicted octanol–water partition coefficient (Wildman–Crippen LogP) is 5.00. The molecule has 162 valence electrons. The number of allylic oxidation sites excluding steroid dienone is 2. The maximum atomic E-state index is 4.14. The minimum Gasteiger partial charge on any atom is -0.314 e. The van der Waals surface area contributed by atoms with Gasteiger partial charge in [0.15, 0.2) is 0 Å². The largest absolute Gasteiger partial charge is 0.314 e. The first-order chi connectivity index (χ1) is 12.5. The zero-order valence-corrected chi connectivity index (χ0v) is 17.2. The van der Waals surface area contributed by atoms with Gasteiger partial charge in [0.2, 0.25) is 0 Å². The van der Waals surface area contributed by atoms with Crippen LogP contribution in [0.25, 0.3) is 0 Å². The van der Waals surface area contributed by atoms with E-state index < -0.39 is 0 Å². The fraction of sp³-hybridized carbons (Fsp3) is 0.714. The number of hydrogen-bond donors (Lipinski definition) is 1. The second-order valence-electron chi connectivity index (χ2n) is 6.53. The van der Waals surface area contributed by atoms with E-state index in [4.69, 9.17) is 0 Å². The molecule has 7 heteroatoms. The Hall–Kier alpha value is -2.02. The molecule has 0 bridgehead atoms. The lowest BCUT2D eigenvalue weighted by Gasteiger charge is -2.05. The standard InChI is InChI=1S/C11H19N3.C8H16N4.2CH4/c1-4-6-7-8-11-9-14(13-12-11)10(3)5-2;1-4-7(2)12-6-8(5-9-3)10-11-12;;/h4,6,9-10H,5,7-8H2,1-3H3;6-7,9H,4-5H2,1-3H3;2*1H4. The maximum absolute atomic E-state index is 4.14. The van der Waals surface area contributed by atoms with Crippen LogP contribution in [0, 0.1) is 0 Å². The first kappa shape index (κ1) is 28.2. The molecule has 0 spiro atoms. The molecule has 2 rings (SSSR count). The van der Waals surface area contributed by atoms with Gasteiger partial charge in [-0.25, -0.2) is 9.36 Å². The molecule has 0 fully saturated rings. The number of nitrogens with zero attached hydrogens (tertiary/aromatic N) is 6. The Kier molecular flexibility index (Phi) is 16.1. The summed E-state index contributed by atoms with van der Waals surface area (Å²) in [6.07, 6.45) is 12.5. The molecule has 0 radical (unpaired) electrons. The molecule has 0 aliphatic heterocycles. The van der Waals surface area contributed by atoms with E-state index in [1.165, 1.54) is 0 Å². The molecule has 2 heterocycles. The van der Waals surface area contributed by atoms with Crippen molar-refractivity contribution in [2.75, 3.05) is 7.05 Å². The summed E-state index contributed by atoms with van der Waals surface area (Å²) in [6.45, 7) is 11.4. The summed E-state index contributed by atoms with van der Waals surface area (Å²) in [5, 5.41) is 19.3. The number of rotatable bonds is 9. The third-order valence-corrected chi connectivity index (χ3v) is 4.36. The molecule has 0 aromatic carbocycles. The second kappa shape index (κ2) is 16.0. The van der Waals surface area contributed by atoms with Crippen LogP contribution in [0.1, 0.15) is 92.2 Å². The fourth-order valence-electron chi connectivity index (χ4n) is 2.21. The van der Waals surface area contributed by atoms with E-state index >= 15 is 0 Å². The van der Waals surface area contributed by atoms with Crippen molar-refractivity contribution in [2.45, 2.75) is 93.8 Å². The van der Waals surface area contributed by atoms with Crippen LogP contribution in [0.2, 0.25) is 0 Å². The van der Waals surface area contributed by atoms with Crippen LogP contribution in [0.15, 0.2) is 24.5 Å². The normalized spacial score (nSPS) is 12.5. The summed E-state index contributed by atoms with van der Waals surface area (Å²) >= 11 is 0. The Balaban J connectivity index is 0. The van der Waals surface area contributed by atoms with Crippen molar-refractivity contribution >= 4 is 0 Å². The summed E-state index contributed by atoms with van der Waals surface area (Å²) in [5.74, 6) is 0. The SMILES string of the molecule is C.C.CC=CCCc1cn(C(C)CC)nn1.CCC(C)n1cc(CNC)nn1. The van der Waals surface area contributed by atoms with Crippen molar-refractivity contribution in [3.05, 3.63) is 35.9 Å². The van der Waals surface area contributed by atoms with Gasteiger partial charge in [-0.15, -0.1) is 10.2 Å². The molecule has 2 aromatic heterocycles. The zero-order chi connectivity index (χ0) is 19.4. The molecule has 7 nitrogen and oxygen atoms in total. The van der Waals surface area contributed by atoms with Gasteiger partial charge < -0.3 is 5.32 Å². The molecule has 0 amide bonds. The summed E-state index contributed by atoms with van der Waals surface area (Å²) in [5.41, 5.74) is 2.08. The topological polar surface area (TPSA) is 73.5 Å². The Morgan fingerprint density at radius 2 is 1.46 bits per heavy atom. The summed E-state index contributed by atoms with van der Waals surface area (Å²) in [7, 11) is 1.91. The van der Waals surface area contributed by atoms with Crippen molar-refractivity contribution < 1.29 is 0 Å². The Morgan fingerprint density at radius 3 is 1.93 bits per heavy atom. The molecular weight excluding hydrogens is 350 g/mol. The molecule has 2 atom stereocenters. The molecule has 1 N–H and O–H groups in total. The van der Waals surface area contributed by atoms with Crippen molar-refractivity contribution in [1.29, 1.82) is 0 Å². The minimum absolute atomic E-state index is 0. The highest BCUT2D eigenvalue weighted by atomic mass is 15.4. The first-order valence-electron chi connectivity index (χ1n) is 9.62. The van der Waals surface area contributed by atoms with Crippen LogP contribution in [-0.2, 0) is 13.0 Å². The summed E-state index contributed by atoms with van der Waals surface area (Å²) in [6, 6.07) is 0.904. The Morgan fingerprint density at radius 1 is 0.964 bits per heavy atom. The molecule has 28 heavy (non-hydrogen) atoms. The van der Waals surface area contributed by atoms with E-state index in [0.29, 0.717) is 12.1 Å². The van der Waals surface area contributed by atoms with Crippen LogP contribution in [0.5, 0.6) is 0 Å². The quantitative estimate of drug-likeness (QED) is 0.607. The van der Waals surface area contributed by atoms with E-state index in [0.717, 1.165) is 43.6 Å². The number of hydrogen-bond acceptors (Lipinski definition) is 5. The van der Waals surface area contributed by atoms with E-state index in [9.17, 15) is 0 Å². The lowest BCUT2D eigenvalue weighted by Crippen LogP contribution is -2.05. The molecule has 0 aliphatic rings. The van der Waals surface area contributed by atoms with Crippen molar-refractivity contribution in [1.82, 2.24) is 35.3 Å². The number of nitrogens with one attached hydrogen (secondary N) is 1. The van der Waals surface area contributed by atoms with Gasteiger partial charge in [-0.3, -0.25) is 0 Å². The summed E-state index contributed by atoms with van der Waals surface area (Å²) < 4.78 is 3.86. The molecule has 0 aliphatic carbocycles. The average molecular weight is 394 g/mol. The van der Waals surface area contributed by atoms with Crippen molar-refractivity contribution in [3.63, 3.8) is 0 Å². The van der Waals surface area contributed by atoms with Crippen LogP contribution in [-0.4, -0.2) is 37.0 Å². The average Bonchev–Trinajstić information content (AvgIpc) is 3.31. The highest BCUT2D eigenvalue weighted by molar-refractivity contribution is 4.96. The van der Waals surface area contributed by atoms with E-state index in [-0.39, 0.29) is 14.9 Å². The van der Waals surface area contributed by atoms with Gasteiger partial charge in [0, 0.05) is 12.7 Å². The van der Waals surface area contributed by atoms with Crippen LogP contribution in [0.4, 0.5) is 0 Å². The van der Waals surface area contributed by atoms with Gasteiger partial charge in [-0.2, -0.15) is 0 Å². The van der Waals surface area contributed by atoms with E-state index in [1.54, 1.807) is 0 Å². The van der Waals surface area contributed by atoms with Gasteiger partial charge in [-0.1, -0.05) is 51.3 Å². The van der Waals surface area contributed by atoms with Crippen molar-refractivity contribution in [2.24, 2.45) is 0 Å². The van der Waals surface area contributed by atoms with E-state index in [2.05, 4.69) is 72.0 Å². The summed E-state index contributed by atoms with van der Waals surface area (Å²) in [4.78, 5) is 0. The van der Waals surface area contributed by atoms with Gasteiger partial charge in [-0.05, 0) is 53.5 Å². The maximum Gasteiger partial charge on any atom is 0.0964 e. The molecule has 2 aromatic rings. The van der Waals surface area contributed by atoms with Crippen LogP contribution >= 0.6 is 0 Å². The molecule has 0 saturated carbocycles. The number of aryl methyl sites for hydroxylation is 1. The minimum atomic E-state index is 0. The smallest absolute Gasteiger partial charge is 0.0964 e. The molecule has 0 saturated heterocycles. The van der Waals surface area contributed by atoms with Gasteiger partial charge >= 0.3 is 0 Å². The van der Waals surface area contributed by atoms with Crippen LogP contribution in [0.3, 0.4) is 0 Å². The van der Waals surface area contributed by atoms with Gasteiger partial charge in [0.1, 0.15) is 0 Å². The Bertz CT molecular complexity index is 630.